The maximum absolute atomic E-state index is 11.9. The first kappa shape index (κ1) is 31.3. The summed E-state index contributed by atoms with van der Waals surface area (Å²) in [5.74, 6) is 0. The van der Waals surface area contributed by atoms with Crippen molar-refractivity contribution in [1.82, 2.24) is 15.5 Å². The summed E-state index contributed by atoms with van der Waals surface area (Å²) in [6.07, 6.45) is 13.9. The fraction of sp³-hybridized carbons (Fsp3) is 0.409. The molecule has 0 aliphatic carbocycles. The van der Waals surface area contributed by atoms with Crippen molar-refractivity contribution in [2.75, 3.05) is 14.1 Å². The van der Waals surface area contributed by atoms with Crippen LogP contribution in [0.2, 0.25) is 0 Å². The van der Waals surface area contributed by atoms with Crippen molar-refractivity contribution in [3.8, 4) is 0 Å². The van der Waals surface area contributed by atoms with Gasteiger partial charge < -0.3 is 15.5 Å². The molecule has 0 atom stereocenters. The number of carbonyl (C=O) groups is 1. The Morgan fingerprint density at radius 2 is 1.19 bits per heavy atom. The molecule has 0 unspecified atom stereocenters. The van der Waals surface area contributed by atoms with Gasteiger partial charge in [-0.05, 0) is 31.2 Å². The lowest BCUT2D eigenvalue weighted by molar-refractivity contribution is 0.246. The molecule has 0 aromatic carbocycles. The van der Waals surface area contributed by atoms with E-state index in [1.807, 2.05) is 79.7 Å². The Labute approximate surface area is 162 Å². The molecule has 0 saturated carbocycles. The van der Waals surface area contributed by atoms with Crippen molar-refractivity contribution in [1.29, 1.82) is 0 Å². The Morgan fingerprint density at radius 3 is 1.50 bits per heavy atom. The Morgan fingerprint density at radius 1 is 0.808 bits per heavy atom. The van der Waals surface area contributed by atoms with Gasteiger partial charge in [0.2, 0.25) is 0 Å². The number of hydrogen-bond acceptors (Lipinski definition) is 2. The van der Waals surface area contributed by atoms with Gasteiger partial charge in [-0.1, -0.05) is 72.9 Å². The van der Waals surface area contributed by atoms with Crippen molar-refractivity contribution in [3.05, 3.63) is 73.3 Å². The number of allylic oxidation sites excluding steroid dienone is 7. The number of carbonyl (C=O) groups excluding carboxylic acids is 1. The highest BCUT2D eigenvalue weighted by Gasteiger charge is 2.02. The minimum absolute atomic E-state index is 0.326. The van der Waals surface area contributed by atoms with E-state index < -0.39 is 0 Å². The summed E-state index contributed by atoms with van der Waals surface area (Å²) in [6, 6.07) is -0.326. The molecular weight excluding hydrogens is 322 g/mol. The van der Waals surface area contributed by atoms with Gasteiger partial charge in [0.05, 0.1) is 0 Å². The molecule has 2 N–H and O–H groups in total. The molecular formula is C22H41N3O. The first-order valence-corrected chi connectivity index (χ1v) is 9.24. The van der Waals surface area contributed by atoms with Gasteiger partial charge in [-0.3, -0.25) is 0 Å². The fourth-order valence-corrected chi connectivity index (χ4v) is 1.23. The molecule has 0 bridgehead atoms. The Balaban J connectivity index is -0.000000362. The summed E-state index contributed by atoms with van der Waals surface area (Å²) < 4.78 is 0. The average Bonchev–Trinajstić information content (AvgIpc) is 2.65. The summed E-state index contributed by atoms with van der Waals surface area (Å²) in [5, 5.41) is 5.46. The zero-order chi connectivity index (χ0) is 21.4. The molecule has 0 rings (SSSR count). The Hall–Kier alpha value is -2.49. The van der Waals surface area contributed by atoms with Gasteiger partial charge in [0.1, 0.15) is 0 Å². The van der Waals surface area contributed by atoms with Crippen LogP contribution in [0.5, 0.6) is 0 Å². The third-order valence-electron chi connectivity index (χ3n) is 2.01. The highest BCUT2D eigenvalue weighted by molar-refractivity contribution is 5.78. The lowest BCUT2D eigenvalue weighted by atomic mass is 10.3. The molecule has 26 heavy (non-hydrogen) atoms. The van der Waals surface area contributed by atoms with Crippen LogP contribution in [-0.2, 0) is 0 Å². The van der Waals surface area contributed by atoms with E-state index in [4.69, 9.17) is 0 Å². The van der Waals surface area contributed by atoms with Crippen LogP contribution in [0.3, 0.4) is 0 Å². The van der Waals surface area contributed by atoms with Crippen LogP contribution in [0.1, 0.15) is 48.5 Å². The molecule has 0 aromatic rings. The molecule has 0 fully saturated rings. The van der Waals surface area contributed by atoms with Crippen LogP contribution in [-0.4, -0.2) is 25.0 Å². The number of nitrogens with one attached hydrogen (secondary N) is 2. The van der Waals surface area contributed by atoms with Crippen molar-refractivity contribution in [2.24, 2.45) is 0 Å². The molecule has 0 aliphatic rings. The number of rotatable bonds is 7. The second-order valence-electron chi connectivity index (χ2n) is 4.07. The van der Waals surface area contributed by atoms with Crippen LogP contribution in [0.25, 0.3) is 0 Å². The van der Waals surface area contributed by atoms with E-state index in [9.17, 15) is 4.79 Å². The summed E-state index contributed by atoms with van der Waals surface area (Å²) in [6.45, 7) is 21.1. The summed E-state index contributed by atoms with van der Waals surface area (Å²) in [4.78, 5) is 13.8. The summed E-state index contributed by atoms with van der Waals surface area (Å²) >= 11 is 0. The highest BCUT2D eigenvalue weighted by Crippen LogP contribution is 1.97. The topological polar surface area (TPSA) is 44.4 Å². The molecule has 0 radical (unpaired) electrons. The Kier molecular flexibility index (Phi) is 32.9. The molecule has 4 heteroatoms. The zero-order valence-electron chi connectivity index (χ0n) is 18.4. The van der Waals surface area contributed by atoms with Gasteiger partial charge in [-0.2, -0.15) is 0 Å². The minimum atomic E-state index is -0.326. The molecule has 4 nitrogen and oxygen atoms in total. The van der Waals surface area contributed by atoms with E-state index in [0.29, 0.717) is 11.4 Å². The third kappa shape index (κ3) is 23.8. The van der Waals surface area contributed by atoms with Crippen molar-refractivity contribution in [2.45, 2.75) is 48.5 Å². The maximum Gasteiger partial charge on any atom is 0.323 e. The van der Waals surface area contributed by atoms with Crippen LogP contribution >= 0.6 is 0 Å². The second kappa shape index (κ2) is 27.4. The quantitative estimate of drug-likeness (QED) is 0.532. The molecule has 0 spiro atoms. The van der Waals surface area contributed by atoms with E-state index in [0.717, 1.165) is 0 Å². The number of nitrogens with zero attached hydrogens (tertiary/aromatic N) is 1. The lowest BCUT2D eigenvalue weighted by Crippen LogP contribution is -2.33. The molecule has 2 amide bonds. The number of amides is 2. The Bertz CT molecular complexity index is 456. The molecule has 0 aromatic heterocycles. The predicted octanol–water partition coefficient (Wildman–Crippen LogP) is 6.16. The largest absolute Gasteiger partial charge is 0.383 e. The normalized spacial score (nSPS) is 10.3. The smallest absolute Gasteiger partial charge is 0.323 e. The van der Waals surface area contributed by atoms with Gasteiger partial charge in [-0.25, -0.2) is 4.79 Å². The van der Waals surface area contributed by atoms with E-state index in [1.54, 1.807) is 36.5 Å². The van der Waals surface area contributed by atoms with Crippen LogP contribution in [0.4, 0.5) is 4.79 Å². The SMILES string of the molecule is C=C/C=C(\C=C/C)NC(=O)NC(/C=C\N(C)C)=C/C=C.CC.CC.CC. The molecule has 0 saturated heterocycles. The molecule has 0 aliphatic heterocycles. The van der Waals surface area contributed by atoms with Crippen molar-refractivity contribution < 1.29 is 4.79 Å². The zero-order valence-corrected chi connectivity index (χ0v) is 18.4. The van der Waals surface area contributed by atoms with E-state index in [1.165, 1.54) is 0 Å². The van der Waals surface area contributed by atoms with Gasteiger partial charge in [-0.15, -0.1) is 0 Å². The predicted molar refractivity (Wildman–Crippen MR) is 120 cm³/mol. The van der Waals surface area contributed by atoms with E-state index in [2.05, 4.69) is 23.8 Å². The van der Waals surface area contributed by atoms with Crippen molar-refractivity contribution >= 4 is 6.03 Å². The highest BCUT2D eigenvalue weighted by atomic mass is 16.2. The number of urea groups is 1. The van der Waals surface area contributed by atoms with Crippen molar-refractivity contribution in [3.63, 3.8) is 0 Å². The number of hydrogen-bond donors (Lipinski definition) is 2. The molecule has 0 heterocycles. The van der Waals surface area contributed by atoms with Crippen LogP contribution in [0.15, 0.2) is 73.3 Å². The van der Waals surface area contributed by atoms with Gasteiger partial charge >= 0.3 is 6.03 Å². The van der Waals surface area contributed by atoms with Gasteiger partial charge in [0, 0.05) is 31.7 Å². The monoisotopic (exact) mass is 363 g/mol. The van der Waals surface area contributed by atoms with Crippen LogP contribution in [0, 0.1) is 0 Å². The first-order valence-electron chi connectivity index (χ1n) is 9.24. The fourth-order valence-electron chi connectivity index (χ4n) is 1.23. The standard InChI is InChI=1S/C16H23N3O.3C2H6/c1-6-9-14(10-7-2)17-16(20)18-15(11-8-3)12-13-19(4)5;3*1-2/h6-13H,1,3H2,2,4-5H3,(H2,17,18,20);3*1-2H3/b10-7-,13-12-,14-9+,15-11+;;;. The summed E-state index contributed by atoms with van der Waals surface area (Å²) in [5.41, 5.74) is 1.30. The van der Waals surface area contributed by atoms with Crippen LogP contribution < -0.4 is 10.6 Å². The first-order chi connectivity index (χ1) is 12.5. The van der Waals surface area contributed by atoms with E-state index >= 15 is 0 Å². The minimum Gasteiger partial charge on any atom is -0.383 e. The molecule has 150 valence electrons. The summed E-state index contributed by atoms with van der Waals surface area (Å²) in [7, 11) is 3.80. The average molecular weight is 364 g/mol. The second-order valence-corrected chi connectivity index (χ2v) is 4.07. The van der Waals surface area contributed by atoms with Gasteiger partial charge in [0.15, 0.2) is 0 Å². The van der Waals surface area contributed by atoms with E-state index in [-0.39, 0.29) is 6.03 Å². The third-order valence-corrected chi connectivity index (χ3v) is 2.01. The lowest BCUT2D eigenvalue weighted by Gasteiger charge is -2.10. The maximum atomic E-state index is 11.9. The van der Waals surface area contributed by atoms with Gasteiger partial charge in [0.25, 0.3) is 0 Å².